The molecule has 0 radical (unpaired) electrons. The Bertz CT molecular complexity index is 307. The van der Waals surface area contributed by atoms with Crippen LogP contribution in [0, 0.1) is 5.92 Å². The van der Waals surface area contributed by atoms with Crippen LogP contribution in [0.15, 0.2) is 24.3 Å². The average molecular weight is 222 g/mol. The summed E-state index contributed by atoms with van der Waals surface area (Å²) in [6.07, 6.45) is 1.16. The number of hydrogen-bond donors (Lipinski definition) is 0. The first kappa shape index (κ1) is 13.0. The van der Waals surface area contributed by atoms with Crippen molar-refractivity contribution >= 4 is 0 Å². The Hall–Kier alpha value is -1.02. The van der Waals surface area contributed by atoms with E-state index in [1.54, 1.807) is 7.11 Å². The number of rotatable bonds is 6. The highest BCUT2D eigenvalue weighted by molar-refractivity contribution is 5.34. The molecular weight excluding hydrogens is 200 g/mol. The van der Waals surface area contributed by atoms with Crippen molar-refractivity contribution in [1.29, 1.82) is 0 Å². The van der Waals surface area contributed by atoms with Crippen LogP contribution < -0.4 is 4.74 Å². The molecule has 1 aromatic carbocycles. The molecule has 1 aromatic rings. The standard InChI is InChI=1S/C14H22O2/c1-11(2)9-10-16-14-8-6-5-7-13(14)12(3)15-4/h5-8,11-12H,9-10H2,1-4H3. The highest BCUT2D eigenvalue weighted by Gasteiger charge is 2.10. The van der Waals surface area contributed by atoms with Gasteiger partial charge in [-0.15, -0.1) is 0 Å². The first-order chi connectivity index (χ1) is 7.65. The second kappa shape index (κ2) is 6.54. The first-order valence-electron chi connectivity index (χ1n) is 5.89. The van der Waals surface area contributed by atoms with Gasteiger partial charge >= 0.3 is 0 Å². The molecule has 0 saturated heterocycles. The van der Waals surface area contributed by atoms with Gasteiger partial charge in [-0.1, -0.05) is 32.0 Å². The van der Waals surface area contributed by atoms with Gasteiger partial charge in [0.2, 0.25) is 0 Å². The monoisotopic (exact) mass is 222 g/mol. The summed E-state index contributed by atoms with van der Waals surface area (Å²) in [6.45, 7) is 7.20. The van der Waals surface area contributed by atoms with E-state index in [1.165, 1.54) is 0 Å². The maximum atomic E-state index is 5.79. The summed E-state index contributed by atoms with van der Waals surface area (Å²) >= 11 is 0. The van der Waals surface area contributed by atoms with Crippen LogP contribution in [-0.2, 0) is 4.74 Å². The molecule has 1 rings (SSSR count). The predicted molar refractivity (Wildman–Crippen MR) is 66.8 cm³/mol. The maximum Gasteiger partial charge on any atom is 0.125 e. The van der Waals surface area contributed by atoms with Crippen LogP contribution in [0.4, 0.5) is 0 Å². The lowest BCUT2D eigenvalue weighted by Crippen LogP contribution is -2.05. The van der Waals surface area contributed by atoms with Gasteiger partial charge < -0.3 is 9.47 Å². The van der Waals surface area contributed by atoms with Crippen LogP contribution >= 0.6 is 0 Å². The lowest BCUT2D eigenvalue weighted by Gasteiger charge is -2.16. The van der Waals surface area contributed by atoms with Crippen molar-refractivity contribution in [3.05, 3.63) is 29.8 Å². The Morgan fingerprint density at radius 1 is 1.12 bits per heavy atom. The third kappa shape index (κ3) is 3.86. The molecule has 2 nitrogen and oxygen atoms in total. The van der Waals surface area contributed by atoms with E-state index in [1.807, 2.05) is 25.1 Å². The van der Waals surface area contributed by atoms with E-state index in [0.717, 1.165) is 24.3 Å². The summed E-state index contributed by atoms with van der Waals surface area (Å²) in [4.78, 5) is 0. The van der Waals surface area contributed by atoms with Crippen molar-refractivity contribution in [1.82, 2.24) is 0 Å². The molecule has 0 amide bonds. The quantitative estimate of drug-likeness (QED) is 0.728. The van der Waals surface area contributed by atoms with Gasteiger partial charge in [0.1, 0.15) is 5.75 Å². The van der Waals surface area contributed by atoms with Gasteiger partial charge in [0.15, 0.2) is 0 Å². The van der Waals surface area contributed by atoms with Gasteiger partial charge in [-0.2, -0.15) is 0 Å². The Labute approximate surface area is 98.6 Å². The zero-order valence-corrected chi connectivity index (χ0v) is 10.7. The highest BCUT2D eigenvalue weighted by Crippen LogP contribution is 2.26. The molecule has 1 unspecified atom stereocenters. The van der Waals surface area contributed by atoms with Crippen molar-refractivity contribution in [2.75, 3.05) is 13.7 Å². The van der Waals surface area contributed by atoms with Crippen LogP contribution in [0.1, 0.15) is 38.9 Å². The second-order valence-corrected chi connectivity index (χ2v) is 4.45. The highest BCUT2D eigenvalue weighted by atomic mass is 16.5. The lowest BCUT2D eigenvalue weighted by molar-refractivity contribution is 0.115. The van der Waals surface area contributed by atoms with Gasteiger partial charge in [-0.05, 0) is 25.3 Å². The van der Waals surface area contributed by atoms with Crippen molar-refractivity contribution in [2.45, 2.75) is 33.3 Å². The maximum absolute atomic E-state index is 5.79. The molecule has 0 heterocycles. The largest absolute Gasteiger partial charge is 0.493 e. The lowest BCUT2D eigenvalue weighted by atomic mass is 10.1. The molecule has 0 aliphatic carbocycles. The van der Waals surface area contributed by atoms with Crippen molar-refractivity contribution in [3.8, 4) is 5.75 Å². The van der Waals surface area contributed by atoms with Crippen molar-refractivity contribution < 1.29 is 9.47 Å². The Kier molecular flexibility index (Phi) is 5.33. The fourth-order valence-corrected chi connectivity index (χ4v) is 1.48. The fraction of sp³-hybridized carbons (Fsp3) is 0.571. The number of methoxy groups -OCH3 is 1. The summed E-state index contributed by atoms with van der Waals surface area (Å²) in [5.74, 6) is 1.62. The second-order valence-electron chi connectivity index (χ2n) is 4.45. The molecule has 0 saturated carbocycles. The molecule has 0 aromatic heterocycles. The van der Waals surface area contributed by atoms with Crippen LogP contribution in [0.5, 0.6) is 5.75 Å². The van der Waals surface area contributed by atoms with Gasteiger partial charge in [0.05, 0.1) is 12.7 Å². The fourth-order valence-electron chi connectivity index (χ4n) is 1.48. The minimum absolute atomic E-state index is 0.0789. The Balaban J connectivity index is 2.64. The summed E-state index contributed by atoms with van der Waals surface area (Å²) in [5.41, 5.74) is 1.12. The minimum atomic E-state index is 0.0789. The van der Waals surface area contributed by atoms with E-state index >= 15 is 0 Å². The zero-order chi connectivity index (χ0) is 12.0. The van der Waals surface area contributed by atoms with Crippen molar-refractivity contribution in [2.24, 2.45) is 5.92 Å². The van der Waals surface area contributed by atoms with E-state index in [4.69, 9.17) is 9.47 Å². The summed E-state index contributed by atoms with van der Waals surface area (Å²) in [7, 11) is 1.72. The molecular formula is C14H22O2. The van der Waals surface area contributed by atoms with Crippen LogP contribution in [0.2, 0.25) is 0 Å². The van der Waals surface area contributed by atoms with Gasteiger partial charge in [0.25, 0.3) is 0 Å². The van der Waals surface area contributed by atoms with E-state index in [2.05, 4.69) is 19.9 Å². The minimum Gasteiger partial charge on any atom is -0.493 e. The van der Waals surface area contributed by atoms with Gasteiger partial charge in [0, 0.05) is 12.7 Å². The molecule has 1 atom stereocenters. The third-order valence-electron chi connectivity index (χ3n) is 2.66. The number of ether oxygens (including phenoxy) is 2. The first-order valence-corrected chi connectivity index (χ1v) is 5.89. The summed E-state index contributed by atoms with van der Waals surface area (Å²) < 4.78 is 11.1. The normalized spacial score (nSPS) is 12.8. The molecule has 0 aliphatic heterocycles. The van der Waals surface area contributed by atoms with E-state index in [0.29, 0.717) is 5.92 Å². The smallest absolute Gasteiger partial charge is 0.125 e. The molecule has 16 heavy (non-hydrogen) atoms. The summed E-state index contributed by atoms with van der Waals surface area (Å²) in [5, 5.41) is 0. The average Bonchev–Trinajstić information content (AvgIpc) is 2.28. The number of para-hydroxylation sites is 1. The Morgan fingerprint density at radius 3 is 2.44 bits per heavy atom. The molecule has 0 bridgehead atoms. The predicted octanol–water partition coefficient (Wildman–Crippen LogP) is 3.82. The molecule has 90 valence electrons. The number of hydrogen-bond acceptors (Lipinski definition) is 2. The van der Waals surface area contributed by atoms with E-state index in [9.17, 15) is 0 Å². The van der Waals surface area contributed by atoms with Gasteiger partial charge in [-0.3, -0.25) is 0 Å². The molecule has 0 aliphatic rings. The SMILES string of the molecule is COC(C)c1ccccc1OCCC(C)C. The van der Waals surface area contributed by atoms with Crippen LogP contribution in [0.3, 0.4) is 0 Å². The number of benzene rings is 1. The Morgan fingerprint density at radius 2 is 1.81 bits per heavy atom. The molecule has 0 fully saturated rings. The summed E-state index contributed by atoms with van der Waals surface area (Å²) in [6, 6.07) is 8.07. The topological polar surface area (TPSA) is 18.5 Å². The zero-order valence-electron chi connectivity index (χ0n) is 10.7. The van der Waals surface area contributed by atoms with Crippen LogP contribution in [0.25, 0.3) is 0 Å². The van der Waals surface area contributed by atoms with Crippen LogP contribution in [-0.4, -0.2) is 13.7 Å². The van der Waals surface area contributed by atoms with Crippen molar-refractivity contribution in [3.63, 3.8) is 0 Å². The van der Waals surface area contributed by atoms with Gasteiger partial charge in [-0.25, -0.2) is 0 Å². The van der Waals surface area contributed by atoms with E-state index < -0.39 is 0 Å². The molecule has 0 spiro atoms. The molecule has 0 N–H and O–H groups in total. The van der Waals surface area contributed by atoms with E-state index in [-0.39, 0.29) is 6.10 Å². The molecule has 2 heteroatoms. The third-order valence-corrected chi connectivity index (χ3v) is 2.66.